The van der Waals surface area contributed by atoms with Gasteiger partial charge >= 0.3 is 0 Å². The van der Waals surface area contributed by atoms with Gasteiger partial charge in [0.2, 0.25) is 5.28 Å². The van der Waals surface area contributed by atoms with Crippen molar-refractivity contribution in [3.05, 3.63) is 11.6 Å². The third-order valence-electron chi connectivity index (χ3n) is 3.00. The van der Waals surface area contributed by atoms with Gasteiger partial charge in [0.05, 0.1) is 6.33 Å². The van der Waals surface area contributed by atoms with Crippen LogP contribution >= 0.6 is 11.6 Å². The van der Waals surface area contributed by atoms with Crippen LogP contribution in [-0.2, 0) is 0 Å². The smallest absolute Gasteiger partial charge is 0.226 e. The molecule has 104 valence electrons. The molecule has 0 fully saturated rings. The standard InChI is InChI=1S/C12H18ClN5O/c1-12(2,4-3-5-19)6-14-9-8-10(16-7-15-8)18-11(13)17-9/h7,19H,3-6H2,1-2H3,(H2,14,15,16,17,18). The van der Waals surface area contributed by atoms with Crippen molar-refractivity contribution in [2.24, 2.45) is 5.41 Å². The quantitative estimate of drug-likeness (QED) is 0.708. The van der Waals surface area contributed by atoms with E-state index in [4.69, 9.17) is 16.7 Å². The summed E-state index contributed by atoms with van der Waals surface area (Å²) >= 11 is 5.87. The van der Waals surface area contributed by atoms with Crippen LogP contribution in [0.4, 0.5) is 5.82 Å². The first-order valence-electron chi connectivity index (χ1n) is 6.23. The third kappa shape index (κ3) is 3.54. The first kappa shape index (κ1) is 14.0. The van der Waals surface area contributed by atoms with Crippen LogP contribution in [0.25, 0.3) is 11.2 Å². The van der Waals surface area contributed by atoms with Crippen LogP contribution in [0.1, 0.15) is 26.7 Å². The summed E-state index contributed by atoms with van der Waals surface area (Å²) in [5.74, 6) is 0.657. The first-order valence-corrected chi connectivity index (χ1v) is 6.61. The van der Waals surface area contributed by atoms with Crippen molar-refractivity contribution in [1.82, 2.24) is 19.9 Å². The average molecular weight is 284 g/mol. The van der Waals surface area contributed by atoms with Crippen molar-refractivity contribution in [2.45, 2.75) is 26.7 Å². The molecule has 0 amide bonds. The minimum atomic E-state index is 0.0620. The van der Waals surface area contributed by atoms with Gasteiger partial charge in [0.25, 0.3) is 0 Å². The number of aromatic amines is 1. The van der Waals surface area contributed by atoms with Crippen LogP contribution in [0.15, 0.2) is 6.33 Å². The highest BCUT2D eigenvalue weighted by molar-refractivity contribution is 6.28. The molecular weight excluding hydrogens is 266 g/mol. The number of H-pyrrole nitrogens is 1. The van der Waals surface area contributed by atoms with E-state index >= 15 is 0 Å². The summed E-state index contributed by atoms with van der Waals surface area (Å²) < 4.78 is 0. The molecule has 0 saturated heterocycles. The maximum absolute atomic E-state index is 8.89. The van der Waals surface area contributed by atoms with Gasteiger partial charge in [-0.1, -0.05) is 13.8 Å². The number of fused-ring (bicyclic) bond motifs is 1. The fourth-order valence-corrected chi connectivity index (χ4v) is 2.07. The summed E-state index contributed by atoms with van der Waals surface area (Å²) in [6.45, 7) is 5.23. The van der Waals surface area contributed by atoms with Crippen molar-refractivity contribution in [1.29, 1.82) is 0 Å². The predicted molar refractivity (Wildman–Crippen MR) is 75.3 cm³/mol. The number of nitrogens with one attached hydrogen (secondary N) is 2. The number of hydrogen-bond acceptors (Lipinski definition) is 5. The van der Waals surface area contributed by atoms with Crippen LogP contribution in [-0.4, -0.2) is 38.2 Å². The number of hydrogen-bond donors (Lipinski definition) is 3. The van der Waals surface area contributed by atoms with Gasteiger partial charge in [-0.25, -0.2) is 4.98 Å². The van der Waals surface area contributed by atoms with E-state index < -0.39 is 0 Å². The molecule has 19 heavy (non-hydrogen) atoms. The molecule has 0 aliphatic carbocycles. The van der Waals surface area contributed by atoms with Gasteiger partial charge in [-0.05, 0) is 29.9 Å². The molecule has 0 bridgehead atoms. The van der Waals surface area contributed by atoms with E-state index in [-0.39, 0.29) is 17.3 Å². The Balaban J connectivity index is 2.11. The molecule has 0 aliphatic rings. The molecule has 2 aromatic heterocycles. The normalized spacial score (nSPS) is 12.0. The highest BCUT2D eigenvalue weighted by atomic mass is 35.5. The summed E-state index contributed by atoms with van der Waals surface area (Å²) in [5.41, 5.74) is 1.37. The van der Waals surface area contributed by atoms with Gasteiger partial charge < -0.3 is 15.4 Å². The van der Waals surface area contributed by atoms with Gasteiger partial charge in [-0.15, -0.1) is 0 Å². The average Bonchev–Trinajstić information content (AvgIpc) is 2.81. The number of imidazole rings is 1. The van der Waals surface area contributed by atoms with Gasteiger partial charge in [0.1, 0.15) is 5.52 Å². The Morgan fingerprint density at radius 3 is 2.95 bits per heavy atom. The molecular formula is C12H18ClN5O. The Kier molecular flexibility index (Phi) is 4.21. The van der Waals surface area contributed by atoms with E-state index in [0.717, 1.165) is 24.9 Å². The van der Waals surface area contributed by atoms with Crippen LogP contribution in [0.3, 0.4) is 0 Å². The molecule has 0 spiro atoms. The van der Waals surface area contributed by atoms with Crippen LogP contribution in [0.2, 0.25) is 5.28 Å². The highest BCUT2D eigenvalue weighted by Gasteiger charge is 2.18. The molecule has 6 nitrogen and oxygen atoms in total. The Labute approximate surface area is 116 Å². The second-order valence-electron chi connectivity index (χ2n) is 5.29. The third-order valence-corrected chi connectivity index (χ3v) is 3.17. The number of halogens is 1. The molecule has 7 heteroatoms. The predicted octanol–water partition coefficient (Wildman–Crippen LogP) is 2.22. The SMILES string of the molecule is CC(C)(CCCO)CNc1nc(Cl)nc2nc[nH]c12. The van der Waals surface area contributed by atoms with Crippen molar-refractivity contribution < 1.29 is 5.11 Å². The number of aliphatic hydroxyl groups is 1. The van der Waals surface area contributed by atoms with Crippen molar-refractivity contribution in [3.63, 3.8) is 0 Å². The minimum Gasteiger partial charge on any atom is -0.396 e. The molecule has 0 aromatic carbocycles. The maximum Gasteiger partial charge on any atom is 0.226 e. The second-order valence-corrected chi connectivity index (χ2v) is 5.63. The van der Waals surface area contributed by atoms with Crippen molar-refractivity contribution in [3.8, 4) is 0 Å². The van der Waals surface area contributed by atoms with E-state index in [9.17, 15) is 0 Å². The Bertz CT molecular complexity index is 554. The van der Waals surface area contributed by atoms with Gasteiger partial charge in [0, 0.05) is 13.2 Å². The van der Waals surface area contributed by atoms with E-state index in [0.29, 0.717) is 11.5 Å². The lowest BCUT2D eigenvalue weighted by atomic mass is 9.88. The summed E-state index contributed by atoms with van der Waals surface area (Å²) in [4.78, 5) is 15.3. The first-order chi connectivity index (χ1) is 9.02. The molecule has 0 radical (unpaired) electrons. The zero-order valence-corrected chi connectivity index (χ0v) is 11.8. The number of nitrogens with zero attached hydrogens (tertiary/aromatic N) is 3. The maximum atomic E-state index is 8.89. The van der Waals surface area contributed by atoms with E-state index in [1.54, 1.807) is 6.33 Å². The zero-order valence-electron chi connectivity index (χ0n) is 11.1. The number of anilines is 1. The minimum absolute atomic E-state index is 0.0620. The van der Waals surface area contributed by atoms with Crippen LogP contribution < -0.4 is 5.32 Å². The Hall–Kier alpha value is -1.40. The number of rotatable bonds is 6. The number of aliphatic hydroxyl groups excluding tert-OH is 1. The molecule has 2 rings (SSSR count). The molecule has 0 unspecified atom stereocenters. The topological polar surface area (TPSA) is 86.7 Å². The van der Waals surface area contributed by atoms with Crippen molar-refractivity contribution >= 4 is 28.6 Å². The van der Waals surface area contributed by atoms with Gasteiger partial charge in [0.15, 0.2) is 11.5 Å². The highest BCUT2D eigenvalue weighted by Crippen LogP contribution is 2.24. The molecule has 3 N–H and O–H groups in total. The second kappa shape index (κ2) is 5.71. The molecule has 0 saturated carbocycles. The van der Waals surface area contributed by atoms with E-state index in [2.05, 4.69) is 39.1 Å². The zero-order chi connectivity index (χ0) is 13.9. The Morgan fingerprint density at radius 2 is 2.21 bits per heavy atom. The summed E-state index contributed by atoms with van der Waals surface area (Å²) in [7, 11) is 0. The lowest BCUT2D eigenvalue weighted by Gasteiger charge is -2.24. The summed E-state index contributed by atoms with van der Waals surface area (Å²) in [5, 5.41) is 12.3. The molecule has 2 aromatic rings. The summed E-state index contributed by atoms with van der Waals surface area (Å²) in [6.07, 6.45) is 3.29. The molecule has 2 heterocycles. The summed E-state index contributed by atoms with van der Waals surface area (Å²) in [6, 6.07) is 0. The van der Waals surface area contributed by atoms with E-state index in [1.807, 2.05) is 0 Å². The fourth-order valence-electron chi connectivity index (χ4n) is 1.90. The van der Waals surface area contributed by atoms with Crippen molar-refractivity contribution in [2.75, 3.05) is 18.5 Å². The lowest BCUT2D eigenvalue weighted by molar-refractivity contribution is 0.248. The Morgan fingerprint density at radius 1 is 1.42 bits per heavy atom. The van der Waals surface area contributed by atoms with Crippen LogP contribution in [0.5, 0.6) is 0 Å². The van der Waals surface area contributed by atoms with Gasteiger partial charge in [-0.3, -0.25) is 0 Å². The largest absolute Gasteiger partial charge is 0.396 e. The molecule has 0 aliphatic heterocycles. The van der Waals surface area contributed by atoms with Gasteiger partial charge in [-0.2, -0.15) is 9.97 Å². The fraction of sp³-hybridized carbons (Fsp3) is 0.583. The lowest BCUT2D eigenvalue weighted by Crippen LogP contribution is -2.24. The number of aromatic nitrogens is 4. The monoisotopic (exact) mass is 283 g/mol. The van der Waals surface area contributed by atoms with E-state index in [1.165, 1.54) is 0 Å². The molecule has 0 atom stereocenters. The van der Waals surface area contributed by atoms with Crippen LogP contribution in [0, 0.1) is 5.41 Å².